The maximum atomic E-state index is 8.11. The summed E-state index contributed by atoms with van der Waals surface area (Å²) < 4.78 is 0. The van der Waals surface area contributed by atoms with Crippen molar-refractivity contribution < 1.29 is 37.9 Å². The Balaban J connectivity index is -0.00000000667. The zero-order chi connectivity index (χ0) is 2.71. The van der Waals surface area contributed by atoms with E-state index in [1.807, 2.05) is 0 Å². The molecule has 0 aromatic rings. The van der Waals surface area contributed by atoms with Gasteiger partial charge >= 0.3 is 21.7 Å². The summed E-state index contributed by atoms with van der Waals surface area (Å²) in [6.45, 7) is 0. The van der Waals surface area contributed by atoms with Crippen molar-refractivity contribution in [3.63, 3.8) is 0 Å². The molecule has 0 bridgehead atoms. The number of hydrogen-bond donors (Lipinski definition) is 1. The van der Waals surface area contributed by atoms with Crippen molar-refractivity contribution in [2.24, 2.45) is 5.34 Å². The van der Waals surface area contributed by atoms with Crippen molar-refractivity contribution in [1.29, 1.82) is 0 Å². The van der Waals surface area contributed by atoms with Crippen LogP contribution in [-0.2, 0) is 32.7 Å². The van der Waals surface area contributed by atoms with Crippen LogP contribution in [0.15, 0.2) is 5.34 Å². The van der Waals surface area contributed by atoms with E-state index in [0.29, 0.717) is 0 Å². The molecule has 0 saturated carbocycles. The Morgan fingerprint density at radius 3 is 1.33 bits per heavy atom. The van der Waals surface area contributed by atoms with Crippen molar-refractivity contribution >= 4 is 0 Å². The molecule has 1 N–H and O–H groups in total. The van der Waals surface area contributed by atoms with E-state index in [9.17, 15) is 0 Å². The molecule has 0 aliphatic carbocycles. The van der Waals surface area contributed by atoms with Crippen LogP contribution in [0.3, 0.4) is 0 Å². The van der Waals surface area contributed by atoms with Gasteiger partial charge in [0.1, 0.15) is 0 Å². The second-order valence-corrected chi connectivity index (χ2v) is 0.0816. The normalized spacial score (nSPS) is 2.00. The van der Waals surface area contributed by atoms with Gasteiger partial charge in [0.15, 0.2) is 5.34 Å². The van der Waals surface area contributed by atoms with Crippen LogP contribution in [0.2, 0.25) is 0 Å². The Morgan fingerprint density at radius 1 is 1.33 bits per heavy atom. The predicted octanol–water partition coefficient (Wildman–Crippen LogP) is -0.0981. The quantitative estimate of drug-likeness (QED) is 0.278. The van der Waals surface area contributed by atoms with Crippen LogP contribution >= 0.6 is 0 Å². The Bertz CT molecular complexity index is 15.0. The molecule has 0 aromatic carbocycles. The number of rotatable bonds is 0. The summed E-state index contributed by atoms with van der Waals surface area (Å²) in [5.41, 5.74) is 0. The summed E-state index contributed by atoms with van der Waals surface area (Å²) in [7, 11) is 0. The molecule has 0 unspecified atom stereocenters. The first-order valence-electron chi connectivity index (χ1n) is 0.383. The third-order valence-corrected chi connectivity index (χ3v) is 0. The number of nitrogens with zero attached hydrogens (tertiary/aromatic N) is 1. The molecule has 0 atom stereocenters. The predicted molar refractivity (Wildman–Crippen MR) is 8.95 cm³/mol. The molecule has 5 nitrogen and oxygen atoms in total. The first-order chi connectivity index (χ1) is 1.41. The van der Waals surface area contributed by atoms with Crippen LogP contribution < -0.4 is 0 Å². The van der Waals surface area contributed by atoms with Crippen LogP contribution in [0.25, 0.3) is 0 Å². The standard InChI is InChI=1S/HNO2.2O.Ti/c2-1-3;;;/h(H,2,3);;;/q;2*-2;+4. The van der Waals surface area contributed by atoms with Crippen molar-refractivity contribution in [3.8, 4) is 0 Å². The average molecular weight is 127 g/mol. The van der Waals surface area contributed by atoms with Crippen molar-refractivity contribution in [3.05, 3.63) is 4.91 Å². The van der Waals surface area contributed by atoms with Crippen LogP contribution in [0, 0.1) is 4.91 Å². The Hall–Kier alpha value is 0.0343. The van der Waals surface area contributed by atoms with Crippen molar-refractivity contribution in [2.45, 2.75) is 0 Å². The molecule has 0 aliphatic heterocycles. The van der Waals surface area contributed by atoms with Gasteiger partial charge in [-0.15, -0.1) is 4.91 Å². The molecule has 0 saturated heterocycles. The molecule has 0 fully saturated rings. The molecular weight excluding hydrogens is 126 g/mol. The van der Waals surface area contributed by atoms with Gasteiger partial charge in [0.05, 0.1) is 0 Å². The van der Waals surface area contributed by atoms with Crippen LogP contribution in [-0.4, -0.2) is 5.21 Å². The van der Waals surface area contributed by atoms with E-state index >= 15 is 0 Å². The zero-order valence-corrected chi connectivity index (χ0v) is 4.18. The van der Waals surface area contributed by atoms with Crippen LogP contribution in [0.4, 0.5) is 0 Å². The SMILES string of the molecule is O=NO.[O-2].[O-2].[Ti+4]. The summed E-state index contributed by atoms with van der Waals surface area (Å²) >= 11 is 0. The molecule has 0 radical (unpaired) electrons. The van der Waals surface area contributed by atoms with E-state index in [-0.39, 0.29) is 32.7 Å². The largest absolute Gasteiger partial charge is 4.00 e. The molecule has 0 aliphatic rings. The van der Waals surface area contributed by atoms with Crippen LogP contribution in [0.1, 0.15) is 0 Å². The Labute approximate surface area is 48.8 Å². The molecule has 34 valence electrons. The van der Waals surface area contributed by atoms with Gasteiger partial charge in [0, 0.05) is 0 Å². The third-order valence-electron chi connectivity index (χ3n) is 0. The molecule has 6 heteroatoms. The van der Waals surface area contributed by atoms with Gasteiger partial charge in [-0.3, -0.25) is 0 Å². The minimum absolute atomic E-state index is 0. The van der Waals surface area contributed by atoms with E-state index in [2.05, 4.69) is 0 Å². The van der Waals surface area contributed by atoms with Gasteiger partial charge in [0.2, 0.25) is 0 Å². The second kappa shape index (κ2) is 76.6. The summed E-state index contributed by atoms with van der Waals surface area (Å²) in [6.07, 6.45) is 0. The molecular formula is HNO4Ti. The van der Waals surface area contributed by atoms with Crippen LogP contribution in [0.5, 0.6) is 0 Å². The topological polar surface area (TPSA) is 107 Å². The summed E-state index contributed by atoms with van der Waals surface area (Å²) in [5, 5.41) is 7.89. The Morgan fingerprint density at radius 2 is 1.33 bits per heavy atom. The van der Waals surface area contributed by atoms with E-state index in [1.54, 1.807) is 0 Å². The molecule has 0 rings (SSSR count). The smallest absolute Gasteiger partial charge is 2.00 e. The van der Waals surface area contributed by atoms with E-state index < -0.39 is 0 Å². The van der Waals surface area contributed by atoms with Gasteiger partial charge < -0.3 is 16.2 Å². The third kappa shape index (κ3) is 31600. The van der Waals surface area contributed by atoms with E-state index in [0.717, 1.165) is 0 Å². The molecule has 0 aromatic heterocycles. The maximum absolute atomic E-state index is 8.11. The summed E-state index contributed by atoms with van der Waals surface area (Å²) in [4.78, 5) is 8.11. The van der Waals surface area contributed by atoms with Gasteiger partial charge in [-0.25, -0.2) is 0 Å². The average Bonchev–Trinajstić information content (AvgIpc) is 0.918. The van der Waals surface area contributed by atoms with Crippen molar-refractivity contribution in [1.82, 2.24) is 0 Å². The van der Waals surface area contributed by atoms with E-state index in [1.165, 1.54) is 5.34 Å². The monoisotopic (exact) mass is 127 g/mol. The fourth-order valence-corrected chi connectivity index (χ4v) is 0. The van der Waals surface area contributed by atoms with Crippen molar-refractivity contribution in [2.75, 3.05) is 0 Å². The summed E-state index contributed by atoms with van der Waals surface area (Å²) in [5.74, 6) is 0. The minimum atomic E-state index is 0. The van der Waals surface area contributed by atoms with Gasteiger partial charge in [-0.2, -0.15) is 0 Å². The van der Waals surface area contributed by atoms with Gasteiger partial charge in [0.25, 0.3) is 0 Å². The molecule has 6 heavy (non-hydrogen) atoms. The Kier molecular flexibility index (Phi) is 472. The van der Waals surface area contributed by atoms with E-state index in [4.69, 9.17) is 10.1 Å². The molecule has 0 spiro atoms. The fourth-order valence-electron chi connectivity index (χ4n) is 0. The first-order valence-corrected chi connectivity index (χ1v) is 0.383. The summed E-state index contributed by atoms with van der Waals surface area (Å²) in [6, 6.07) is 0. The second-order valence-electron chi connectivity index (χ2n) is 0.0816. The van der Waals surface area contributed by atoms with Gasteiger partial charge in [-0.05, 0) is 0 Å². The minimum Gasteiger partial charge on any atom is -2.00 e. The maximum Gasteiger partial charge on any atom is 4.00 e. The first kappa shape index (κ1) is 37.0. The zero-order valence-electron chi connectivity index (χ0n) is 2.62. The number of hydrogen-bond acceptors (Lipinski definition) is 2. The molecule has 0 heterocycles. The fraction of sp³-hybridized carbons (Fsp3) is 0. The van der Waals surface area contributed by atoms with Gasteiger partial charge in [-0.1, -0.05) is 0 Å². The molecule has 0 amide bonds.